The van der Waals surface area contributed by atoms with E-state index < -0.39 is 0 Å². The van der Waals surface area contributed by atoms with Crippen molar-refractivity contribution < 1.29 is 9.90 Å². The van der Waals surface area contributed by atoms with Crippen molar-refractivity contribution in [3.05, 3.63) is 23.4 Å². The van der Waals surface area contributed by atoms with Gasteiger partial charge in [0.1, 0.15) is 5.82 Å². The predicted octanol–water partition coefficient (Wildman–Crippen LogP) is 0.693. The number of amides is 1. The van der Waals surface area contributed by atoms with Gasteiger partial charge in [-0.05, 0) is 30.5 Å². The SMILES string of the molecule is Cc1cc(CO)cnc1N1CCN2C(=O)CCC2C1. The van der Waals surface area contributed by atoms with E-state index in [0.29, 0.717) is 18.4 Å². The van der Waals surface area contributed by atoms with Crippen molar-refractivity contribution in [2.45, 2.75) is 32.4 Å². The summed E-state index contributed by atoms with van der Waals surface area (Å²) in [7, 11) is 0. The molecule has 2 fully saturated rings. The van der Waals surface area contributed by atoms with Gasteiger partial charge in [0, 0.05) is 38.3 Å². The molecule has 3 rings (SSSR count). The summed E-state index contributed by atoms with van der Waals surface area (Å²) in [5.41, 5.74) is 1.93. The summed E-state index contributed by atoms with van der Waals surface area (Å²) >= 11 is 0. The zero-order valence-corrected chi connectivity index (χ0v) is 11.2. The number of aromatic nitrogens is 1. The highest BCUT2D eigenvalue weighted by Crippen LogP contribution is 2.27. The summed E-state index contributed by atoms with van der Waals surface area (Å²) in [5, 5.41) is 9.12. The minimum Gasteiger partial charge on any atom is -0.392 e. The molecule has 0 spiro atoms. The summed E-state index contributed by atoms with van der Waals surface area (Å²) in [6.07, 6.45) is 3.38. The number of carbonyl (C=O) groups excluding carboxylic acids is 1. The van der Waals surface area contributed by atoms with Crippen molar-refractivity contribution in [1.82, 2.24) is 9.88 Å². The minimum absolute atomic E-state index is 0.0268. The number of carbonyl (C=O) groups is 1. The molecule has 102 valence electrons. The number of hydrogen-bond acceptors (Lipinski definition) is 4. The quantitative estimate of drug-likeness (QED) is 0.851. The molecule has 2 aliphatic heterocycles. The number of fused-ring (bicyclic) bond motifs is 1. The fourth-order valence-electron chi connectivity index (χ4n) is 3.10. The molecule has 0 aromatic carbocycles. The average molecular weight is 261 g/mol. The molecular formula is C14H19N3O2. The second-order valence-electron chi connectivity index (χ2n) is 5.37. The maximum atomic E-state index is 11.7. The number of pyridine rings is 1. The zero-order valence-electron chi connectivity index (χ0n) is 11.2. The van der Waals surface area contributed by atoms with Crippen LogP contribution in [0.3, 0.4) is 0 Å². The molecule has 1 amide bonds. The molecular weight excluding hydrogens is 242 g/mol. The Bertz CT molecular complexity index is 503. The molecule has 1 N–H and O–H groups in total. The van der Waals surface area contributed by atoms with Crippen LogP contribution in [0.5, 0.6) is 0 Å². The zero-order chi connectivity index (χ0) is 13.4. The van der Waals surface area contributed by atoms with Gasteiger partial charge in [0.2, 0.25) is 5.91 Å². The van der Waals surface area contributed by atoms with E-state index in [9.17, 15) is 4.79 Å². The number of anilines is 1. The molecule has 1 aromatic heterocycles. The smallest absolute Gasteiger partial charge is 0.223 e. The fourth-order valence-corrected chi connectivity index (χ4v) is 3.10. The van der Waals surface area contributed by atoms with Crippen LogP contribution in [0.15, 0.2) is 12.3 Å². The first-order chi connectivity index (χ1) is 9.19. The molecule has 2 saturated heterocycles. The van der Waals surface area contributed by atoms with E-state index in [1.54, 1.807) is 6.20 Å². The first-order valence-electron chi connectivity index (χ1n) is 6.80. The van der Waals surface area contributed by atoms with Gasteiger partial charge in [0.25, 0.3) is 0 Å². The minimum atomic E-state index is 0.0268. The van der Waals surface area contributed by atoms with Crippen LogP contribution >= 0.6 is 0 Å². The Morgan fingerprint density at radius 3 is 3.05 bits per heavy atom. The van der Waals surface area contributed by atoms with Crippen LogP contribution in [0.1, 0.15) is 24.0 Å². The second-order valence-corrected chi connectivity index (χ2v) is 5.37. The molecule has 0 aliphatic carbocycles. The lowest BCUT2D eigenvalue weighted by Crippen LogP contribution is -2.51. The molecule has 1 unspecified atom stereocenters. The van der Waals surface area contributed by atoms with Crippen molar-refractivity contribution in [2.75, 3.05) is 24.5 Å². The van der Waals surface area contributed by atoms with Crippen LogP contribution in [0.25, 0.3) is 0 Å². The summed E-state index contributed by atoms with van der Waals surface area (Å²) in [5.74, 6) is 1.28. The molecule has 3 heterocycles. The first-order valence-corrected chi connectivity index (χ1v) is 6.80. The first kappa shape index (κ1) is 12.4. The average Bonchev–Trinajstić information content (AvgIpc) is 2.79. The van der Waals surface area contributed by atoms with E-state index in [0.717, 1.165) is 43.0 Å². The Morgan fingerprint density at radius 1 is 1.47 bits per heavy atom. The maximum Gasteiger partial charge on any atom is 0.223 e. The van der Waals surface area contributed by atoms with Crippen molar-refractivity contribution in [1.29, 1.82) is 0 Å². The van der Waals surface area contributed by atoms with Gasteiger partial charge in [0.15, 0.2) is 0 Å². The lowest BCUT2D eigenvalue weighted by molar-refractivity contribution is -0.129. The van der Waals surface area contributed by atoms with Gasteiger partial charge < -0.3 is 14.9 Å². The van der Waals surface area contributed by atoms with Crippen LogP contribution in [0, 0.1) is 6.92 Å². The molecule has 19 heavy (non-hydrogen) atoms. The van der Waals surface area contributed by atoms with Crippen LogP contribution in [-0.4, -0.2) is 46.6 Å². The highest BCUT2D eigenvalue weighted by Gasteiger charge is 2.36. The number of aryl methyl sites for hydroxylation is 1. The van der Waals surface area contributed by atoms with E-state index in [-0.39, 0.29) is 6.61 Å². The standard InChI is InChI=1S/C14H19N3O2/c1-10-6-11(9-18)7-15-14(10)16-4-5-17-12(8-16)2-3-13(17)19/h6-7,12,18H,2-5,8-9H2,1H3. The van der Waals surface area contributed by atoms with Crippen LogP contribution in [0.4, 0.5) is 5.82 Å². The number of aliphatic hydroxyl groups is 1. The predicted molar refractivity (Wildman–Crippen MR) is 71.8 cm³/mol. The van der Waals surface area contributed by atoms with Crippen LogP contribution < -0.4 is 4.90 Å². The summed E-state index contributed by atoms with van der Waals surface area (Å²) in [6, 6.07) is 2.33. The van der Waals surface area contributed by atoms with Gasteiger partial charge in [-0.25, -0.2) is 4.98 Å². The number of piperazine rings is 1. The van der Waals surface area contributed by atoms with Gasteiger partial charge in [-0.2, -0.15) is 0 Å². The van der Waals surface area contributed by atoms with E-state index in [2.05, 4.69) is 9.88 Å². The van der Waals surface area contributed by atoms with E-state index in [1.807, 2.05) is 17.9 Å². The second kappa shape index (κ2) is 4.81. The molecule has 1 atom stereocenters. The lowest BCUT2D eigenvalue weighted by Gasteiger charge is -2.38. The van der Waals surface area contributed by atoms with Gasteiger partial charge in [-0.3, -0.25) is 4.79 Å². The molecule has 2 aliphatic rings. The third-order valence-corrected chi connectivity index (χ3v) is 4.08. The monoisotopic (exact) mass is 261 g/mol. The lowest BCUT2D eigenvalue weighted by atomic mass is 10.1. The van der Waals surface area contributed by atoms with Crippen molar-refractivity contribution in [3.63, 3.8) is 0 Å². The Hall–Kier alpha value is -1.62. The molecule has 0 bridgehead atoms. The molecule has 5 nitrogen and oxygen atoms in total. The van der Waals surface area contributed by atoms with Crippen LogP contribution in [0.2, 0.25) is 0 Å². The molecule has 0 saturated carbocycles. The number of aliphatic hydroxyl groups excluding tert-OH is 1. The normalized spacial score (nSPS) is 22.8. The van der Waals surface area contributed by atoms with Crippen molar-refractivity contribution >= 4 is 11.7 Å². The number of nitrogens with zero attached hydrogens (tertiary/aromatic N) is 3. The third-order valence-electron chi connectivity index (χ3n) is 4.08. The Morgan fingerprint density at radius 2 is 2.32 bits per heavy atom. The van der Waals surface area contributed by atoms with Gasteiger partial charge in [-0.15, -0.1) is 0 Å². The maximum absolute atomic E-state index is 11.7. The van der Waals surface area contributed by atoms with E-state index >= 15 is 0 Å². The molecule has 5 heteroatoms. The van der Waals surface area contributed by atoms with Crippen molar-refractivity contribution in [2.24, 2.45) is 0 Å². The molecule has 1 aromatic rings. The molecule has 0 radical (unpaired) electrons. The Balaban J connectivity index is 1.79. The van der Waals surface area contributed by atoms with Gasteiger partial charge >= 0.3 is 0 Å². The third kappa shape index (κ3) is 2.18. The van der Waals surface area contributed by atoms with E-state index in [4.69, 9.17) is 5.11 Å². The van der Waals surface area contributed by atoms with Crippen LogP contribution in [-0.2, 0) is 11.4 Å². The summed E-state index contributed by atoms with van der Waals surface area (Å²) in [4.78, 5) is 20.4. The van der Waals surface area contributed by atoms with Crippen molar-refractivity contribution in [3.8, 4) is 0 Å². The van der Waals surface area contributed by atoms with E-state index in [1.165, 1.54) is 0 Å². The Labute approximate surface area is 112 Å². The highest BCUT2D eigenvalue weighted by molar-refractivity contribution is 5.79. The number of hydrogen-bond donors (Lipinski definition) is 1. The topological polar surface area (TPSA) is 56.7 Å². The summed E-state index contributed by atoms with van der Waals surface area (Å²) in [6.45, 7) is 4.56. The fraction of sp³-hybridized carbons (Fsp3) is 0.571. The highest BCUT2D eigenvalue weighted by atomic mass is 16.3. The summed E-state index contributed by atoms with van der Waals surface area (Å²) < 4.78 is 0. The van der Waals surface area contributed by atoms with Gasteiger partial charge in [-0.1, -0.05) is 0 Å². The van der Waals surface area contributed by atoms with Gasteiger partial charge in [0.05, 0.1) is 6.61 Å². The Kier molecular flexibility index (Phi) is 3.14. The number of rotatable bonds is 2. The largest absolute Gasteiger partial charge is 0.392 e.